The minimum absolute atomic E-state index is 0.00779. The van der Waals surface area contributed by atoms with Crippen LogP contribution in [-0.2, 0) is 85.2 Å². The minimum atomic E-state index is -2.58. The van der Waals surface area contributed by atoms with Crippen molar-refractivity contribution in [3.05, 3.63) is 179 Å². The molecule has 0 aliphatic carbocycles. The van der Waals surface area contributed by atoms with Crippen LogP contribution in [-0.4, -0.2) is 104 Å². The molecule has 0 bridgehead atoms. The van der Waals surface area contributed by atoms with E-state index in [0.29, 0.717) is 12.8 Å². The first-order valence-electron chi connectivity index (χ1n) is 24.7. The number of rotatable bonds is 29. The summed E-state index contributed by atoms with van der Waals surface area (Å²) in [6.45, 7) is 1.08. The van der Waals surface area contributed by atoms with Crippen LogP contribution in [0.25, 0.3) is 0 Å². The number of ether oxygens (including phenoxy) is 10. The highest BCUT2D eigenvalue weighted by Crippen LogP contribution is 2.36. The van der Waals surface area contributed by atoms with Crippen LogP contribution in [0.5, 0.6) is 0 Å². The van der Waals surface area contributed by atoms with E-state index in [0.717, 1.165) is 59.9 Å². The summed E-state index contributed by atoms with van der Waals surface area (Å²) in [4.78, 5) is 11.6. The molecule has 5 aromatic rings. The van der Waals surface area contributed by atoms with Crippen molar-refractivity contribution >= 4 is 5.97 Å². The summed E-state index contributed by atoms with van der Waals surface area (Å²) in [6.07, 6.45) is -9.40. The van der Waals surface area contributed by atoms with Crippen LogP contribution in [0.1, 0.15) is 72.8 Å². The van der Waals surface area contributed by atoms with Crippen molar-refractivity contribution in [3.8, 4) is 0 Å². The van der Waals surface area contributed by atoms with E-state index >= 15 is 4.39 Å². The highest BCUT2D eigenvalue weighted by molar-refractivity contribution is 5.68. The third kappa shape index (κ3) is 17.1. The maximum atomic E-state index is 15.1. The molecule has 11 atom stereocenters. The average molecular weight is 981 g/mol. The van der Waals surface area contributed by atoms with E-state index in [1.165, 1.54) is 7.11 Å². The predicted molar refractivity (Wildman–Crippen MR) is 262 cm³/mol. The van der Waals surface area contributed by atoms with Gasteiger partial charge in [-0.1, -0.05) is 177 Å². The van der Waals surface area contributed by atoms with E-state index in [1.807, 2.05) is 152 Å². The molecule has 71 heavy (non-hydrogen) atoms. The van der Waals surface area contributed by atoms with Crippen molar-refractivity contribution in [2.75, 3.05) is 20.3 Å². The maximum Gasteiger partial charge on any atom is 0.305 e. The van der Waals surface area contributed by atoms with E-state index in [4.69, 9.17) is 47.4 Å². The van der Waals surface area contributed by atoms with Gasteiger partial charge in [-0.25, -0.2) is 4.39 Å². The van der Waals surface area contributed by atoms with E-state index in [1.54, 1.807) is 0 Å². The molecule has 2 fully saturated rings. The summed E-state index contributed by atoms with van der Waals surface area (Å²) in [5, 5.41) is 22.3. The molecule has 0 radical (unpaired) electrons. The van der Waals surface area contributed by atoms with Crippen LogP contribution in [0.3, 0.4) is 0 Å². The lowest BCUT2D eigenvalue weighted by Crippen LogP contribution is -2.66. The van der Waals surface area contributed by atoms with E-state index in [2.05, 4.69) is 0 Å². The number of halogens is 1. The zero-order valence-electron chi connectivity index (χ0n) is 40.4. The average Bonchev–Trinajstić information content (AvgIpc) is 3.40. The van der Waals surface area contributed by atoms with Crippen molar-refractivity contribution in [2.24, 2.45) is 0 Å². The van der Waals surface area contributed by atoms with Gasteiger partial charge in [0.1, 0.15) is 48.8 Å². The van der Waals surface area contributed by atoms with Crippen LogP contribution in [0.2, 0.25) is 0 Å². The molecule has 7 rings (SSSR count). The fourth-order valence-corrected chi connectivity index (χ4v) is 8.70. The molecule has 2 N–H and O–H groups in total. The number of esters is 1. The van der Waals surface area contributed by atoms with Gasteiger partial charge < -0.3 is 57.6 Å². The van der Waals surface area contributed by atoms with Crippen molar-refractivity contribution in [2.45, 2.75) is 146 Å². The molecule has 0 aromatic heterocycles. The third-order valence-electron chi connectivity index (χ3n) is 12.5. The van der Waals surface area contributed by atoms with Crippen molar-refractivity contribution in [3.63, 3.8) is 0 Å². The van der Waals surface area contributed by atoms with Crippen LogP contribution in [0, 0.1) is 0 Å². The van der Waals surface area contributed by atoms with Gasteiger partial charge in [-0.3, -0.25) is 4.79 Å². The van der Waals surface area contributed by atoms with E-state index in [9.17, 15) is 15.0 Å². The molecule has 13 nitrogen and oxygen atoms in total. The van der Waals surface area contributed by atoms with Gasteiger partial charge in [0.15, 0.2) is 12.6 Å². The van der Waals surface area contributed by atoms with Gasteiger partial charge in [-0.15, -0.1) is 0 Å². The second-order valence-electron chi connectivity index (χ2n) is 17.8. The fraction of sp³-hybridized carbons (Fsp3) is 0.456. The molecule has 2 aliphatic rings. The van der Waals surface area contributed by atoms with Crippen LogP contribution >= 0.6 is 0 Å². The monoisotopic (exact) mass is 980 g/mol. The van der Waals surface area contributed by atoms with Gasteiger partial charge in [0.25, 0.3) is 0 Å². The number of hydrogen-bond donors (Lipinski definition) is 2. The van der Waals surface area contributed by atoms with Gasteiger partial charge in [-0.2, -0.15) is 0 Å². The first-order valence-corrected chi connectivity index (χ1v) is 24.7. The Kier molecular flexibility index (Phi) is 22.4. The number of hydrogen-bond acceptors (Lipinski definition) is 13. The molecular weight excluding hydrogens is 912 g/mol. The number of carbonyl (C=O) groups excluding carboxylic acids is 1. The summed E-state index contributed by atoms with van der Waals surface area (Å²) in [5.41, 5.74) is 4.49. The first-order chi connectivity index (χ1) is 34.9. The normalized spacial score (nSPS) is 24.8. The summed E-state index contributed by atoms with van der Waals surface area (Å²) in [6, 6.07) is 48.5. The quantitative estimate of drug-likeness (QED) is 0.0347. The largest absolute Gasteiger partial charge is 0.469 e. The number of aliphatic hydroxyl groups is 2. The Morgan fingerprint density at radius 1 is 0.521 bits per heavy atom. The summed E-state index contributed by atoms with van der Waals surface area (Å²) < 4.78 is 80.0. The summed E-state index contributed by atoms with van der Waals surface area (Å²) in [5.74, 6) is -0.221. The summed E-state index contributed by atoms with van der Waals surface area (Å²) in [7, 11) is 1.39. The Balaban J connectivity index is 1.21. The second kappa shape index (κ2) is 29.5. The Morgan fingerprint density at radius 2 is 0.958 bits per heavy atom. The topological polar surface area (TPSA) is 150 Å². The van der Waals surface area contributed by atoms with Gasteiger partial charge in [-0.05, 0) is 40.7 Å². The van der Waals surface area contributed by atoms with Crippen LogP contribution in [0.4, 0.5) is 4.39 Å². The lowest BCUT2D eigenvalue weighted by atomic mass is 9.96. The standard InChI is InChI=1S/C57H69FO13/c1-62-47(59)33-21-4-2-3-5-22-34-64-56-54(50(48(60)51(70-56)55(58)61)66-37-43-27-15-8-16-28-43)71-57-53(68-39-45-31-19-10-20-32-45)52(67-38-44-29-17-9-18-30-44)49(65-36-42-25-13-7-14-26-42)46(69-57)40-63-35-41-23-11-6-12-24-41/h6-20,23-32,46,48-57,60-61H,2-5,21-22,33-40H2,1H3/t46-,48+,49-,50+,51+,52+,53-,54-,55?,56+,57+/m1/s1. The molecule has 382 valence electrons. The number of carbonyl (C=O) groups is 1. The van der Waals surface area contributed by atoms with Crippen LogP contribution < -0.4 is 0 Å². The van der Waals surface area contributed by atoms with E-state index in [-0.39, 0.29) is 52.2 Å². The highest BCUT2D eigenvalue weighted by Gasteiger charge is 2.55. The number of alkyl halides is 1. The molecular formula is C57H69FO13. The molecule has 2 heterocycles. The number of benzene rings is 5. The van der Waals surface area contributed by atoms with Crippen LogP contribution in [0.15, 0.2) is 152 Å². The molecule has 0 spiro atoms. The predicted octanol–water partition coefficient (Wildman–Crippen LogP) is 8.95. The Bertz CT molecular complexity index is 2190. The molecule has 1 unspecified atom stereocenters. The molecule has 2 saturated heterocycles. The fourth-order valence-electron chi connectivity index (χ4n) is 8.70. The zero-order chi connectivity index (χ0) is 49.5. The molecule has 0 saturated carbocycles. The Hall–Kier alpha value is -4.94. The van der Waals surface area contributed by atoms with Gasteiger partial charge in [0.2, 0.25) is 6.36 Å². The van der Waals surface area contributed by atoms with Crippen molar-refractivity contribution in [1.29, 1.82) is 0 Å². The first kappa shape index (κ1) is 53.8. The number of unbranched alkanes of at least 4 members (excludes halogenated alkanes) is 5. The lowest BCUT2D eigenvalue weighted by molar-refractivity contribution is -0.386. The zero-order valence-corrected chi connectivity index (χ0v) is 40.4. The second-order valence-corrected chi connectivity index (χ2v) is 17.8. The van der Waals surface area contributed by atoms with Gasteiger partial charge >= 0.3 is 5.97 Å². The smallest absolute Gasteiger partial charge is 0.305 e. The number of aliphatic hydroxyl groups excluding tert-OH is 2. The lowest BCUT2D eigenvalue weighted by Gasteiger charge is -2.49. The molecule has 5 aromatic carbocycles. The third-order valence-corrected chi connectivity index (χ3v) is 12.5. The van der Waals surface area contributed by atoms with Gasteiger partial charge in [0.05, 0.1) is 46.8 Å². The van der Waals surface area contributed by atoms with E-state index < -0.39 is 67.8 Å². The maximum absolute atomic E-state index is 15.1. The Morgan fingerprint density at radius 3 is 1.45 bits per heavy atom. The van der Waals surface area contributed by atoms with Crippen molar-refractivity contribution in [1.82, 2.24) is 0 Å². The van der Waals surface area contributed by atoms with Crippen molar-refractivity contribution < 1.29 is 66.8 Å². The SMILES string of the molecule is COC(=O)CCCCCCCCO[C@H]1O[C@H](C(O)F)[C@@H](O)[C@H](OCc2ccccc2)[C@H]1O[C@@H]1O[C@H](COCc2ccccc2)[C@@H](OCc2ccccc2)[C@H](OCc2ccccc2)[C@H]1OCc1ccccc1. The Labute approximate surface area is 417 Å². The van der Waals surface area contributed by atoms with Gasteiger partial charge in [0, 0.05) is 13.0 Å². The molecule has 14 heteroatoms. The minimum Gasteiger partial charge on any atom is -0.469 e. The number of methoxy groups -OCH3 is 1. The molecule has 0 amide bonds. The summed E-state index contributed by atoms with van der Waals surface area (Å²) >= 11 is 0. The molecule has 2 aliphatic heterocycles. The highest BCUT2D eigenvalue weighted by atomic mass is 19.1.